The number of unbranched alkanes of at least 4 members (excludes halogenated alkanes) is 4. The number of esters is 1. The van der Waals surface area contributed by atoms with E-state index < -0.39 is 36.4 Å². The zero-order valence-electron chi connectivity index (χ0n) is 24.7. The molecule has 3 heterocycles. The Labute approximate surface area is 256 Å². The van der Waals surface area contributed by atoms with Crippen molar-refractivity contribution in [2.75, 3.05) is 13.2 Å². The van der Waals surface area contributed by atoms with Crippen LogP contribution in [0.4, 0.5) is 0 Å². The number of rotatable bonds is 16. The van der Waals surface area contributed by atoms with Crippen molar-refractivity contribution in [2.45, 2.75) is 108 Å². The van der Waals surface area contributed by atoms with Crippen molar-refractivity contribution in [1.82, 2.24) is 10.6 Å². The molecule has 2 amide bonds. The van der Waals surface area contributed by atoms with E-state index in [1.54, 1.807) is 35.4 Å². The van der Waals surface area contributed by atoms with Crippen molar-refractivity contribution in [3.8, 4) is 0 Å². The quantitative estimate of drug-likeness (QED) is 0.0568. The number of allylic oxidation sites excluding steroid dienone is 1. The summed E-state index contributed by atoms with van der Waals surface area (Å²) in [7, 11) is 3.15. The number of fused-ring (bicyclic) bond motifs is 1. The summed E-state index contributed by atoms with van der Waals surface area (Å²) in [6.45, 7) is 6.01. The van der Waals surface area contributed by atoms with Gasteiger partial charge in [-0.25, -0.2) is 4.79 Å². The van der Waals surface area contributed by atoms with Gasteiger partial charge in [-0.3, -0.25) is 9.59 Å². The van der Waals surface area contributed by atoms with Crippen molar-refractivity contribution in [2.24, 2.45) is 11.8 Å². The summed E-state index contributed by atoms with van der Waals surface area (Å²) in [5, 5.41) is 38.3. The van der Waals surface area contributed by atoms with E-state index in [0.29, 0.717) is 38.0 Å². The molecule has 2 fully saturated rings. The van der Waals surface area contributed by atoms with Crippen molar-refractivity contribution in [1.29, 1.82) is 0 Å². The molecule has 3 aliphatic heterocycles. The number of carbonyl (C=O) groups is 3. The molecule has 10 nitrogen and oxygen atoms in total. The van der Waals surface area contributed by atoms with Gasteiger partial charge in [-0.15, -0.1) is 0 Å². The fraction of sp³-hybridized carbons (Fsp3) is 0.700. The lowest BCUT2D eigenvalue weighted by Gasteiger charge is -2.37. The van der Waals surface area contributed by atoms with Gasteiger partial charge >= 0.3 is 5.97 Å². The molecule has 0 aromatic heterocycles. The van der Waals surface area contributed by atoms with Crippen molar-refractivity contribution in [3.05, 3.63) is 34.9 Å². The third kappa shape index (κ3) is 10.7. The molecule has 236 valence electrons. The minimum absolute atomic E-state index is 0.00718. The van der Waals surface area contributed by atoms with Gasteiger partial charge in [0.15, 0.2) is 0 Å². The Morgan fingerprint density at radius 2 is 1.93 bits per heavy atom. The lowest BCUT2D eigenvalue weighted by Crippen LogP contribution is -2.50. The Bertz CT molecular complexity index is 1020. The van der Waals surface area contributed by atoms with Gasteiger partial charge in [0, 0.05) is 29.5 Å². The summed E-state index contributed by atoms with van der Waals surface area (Å²) in [5.41, 5.74) is 1.58. The van der Waals surface area contributed by atoms with Crippen LogP contribution in [0.15, 0.2) is 34.9 Å². The summed E-state index contributed by atoms with van der Waals surface area (Å²) >= 11 is 0. The van der Waals surface area contributed by atoms with Crippen LogP contribution < -0.4 is 10.6 Å². The maximum Gasteiger partial charge on any atom is 0.330 e. The van der Waals surface area contributed by atoms with E-state index in [1.807, 2.05) is 24.5 Å². The molecule has 3 aliphatic rings. The number of nitrogens with one attached hydrogen (secondary N) is 2. The molecule has 0 spiro atoms. The lowest BCUT2D eigenvalue weighted by atomic mass is 9.87. The van der Waals surface area contributed by atoms with Crippen molar-refractivity contribution in [3.63, 3.8) is 0 Å². The molecule has 0 bridgehead atoms. The predicted molar refractivity (Wildman–Crippen MR) is 164 cm³/mol. The highest BCUT2D eigenvalue weighted by Crippen LogP contribution is 2.43. The highest BCUT2D eigenvalue weighted by molar-refractivity contribution is 8.78. The van der Waals surface area contributed by atoms with E-state index in [1.165, 1.54) is 6.08 Å². The smallest absolute Gasteiger partial charge is 0.330 e. The first-order valence-corrected chi connectivity index (χ1v) is 17.1. The molecular weight excluding hydrogens is 580 g/mol. The molecule has 0 aromatic carbocycles. The number of hydrogen-bond donors (Lipinski definition) is 5. The van der Waals surface area contributed by atoms with Gasteiger partial charge in [0.2, 0.25) is 11.8 Å². The number of hydrogen-bond acceptors (Lipinski definition) is 10. The summed E-state index contributed by atoms with van der Waals surface area (Å²) < 4.78 is 11.1. The second-order valence-corrected chi connectivity index (χ2v) is 13.8. The molecule has 2 saturated heterocycles. The third-order valence-electron chi connectivity index (χ3n) is 7.87. The Balaban J connectivity index is 1.23. The van der Waals surface area contributed by atoms with Gasteiger partial charge in [-0.2, -0.15) is 0 Å². The number of amides is 2. The van der Waals surface area contributed by atoms with Gasteiger partial charge < -0.3 is 35.4 Å². The Morgan fingerprint density at radius 1 is 1.19 bits per heavy atom. The molecule has 5 N–H and O–H groups in total. The van der Waals surface area contributed by atoms with Crippen LogP contribution >= 0.6 is 21.6 Å². The molecule has 0 aliphatic carbocycles. The highest BCUT2D eigenvalue weighted by atomic mass is 33.1. The maximum absolute atomic E-state index is 12.2. The summed E-state index contributed by atoms with van der Waals surface area (Å²) in [6, 6.07) is -0.501. The summed E-state index contributed by atoms with van der Waals surface area (Å²) in [5.74, 6) is -0.938. The largest absolute Gasteiger partial charge is 0.463 e. The lowest BCUT2D eigenvalue weighted by molar-refractivity contribution is -0.162. The van der Waals surface area contributed by atoms with E-state index in [2.05, 4.69) is 10.6 Å². The molecule has 0 radical (unpaired) electrons. The number of ether oxygens (including phenoxy) is 2. The molecule has 3 rings (SSSR count). The first-order valence-electron chi connectivity index (χ1n) is 14.9. The maximum atomic E-state index is 12.2. The van der Waals surface area contributed by atoms with E-state index in [0.717, 1.165) is 37.8 Å². The fourth-order valence-electron chi connectivity index (χ4n) is 5.01. The van der Waals surface area contributed by atoms with Crippen LogP contribution in [0.25, 0.3) is 0 Å². The van der Waals surface area contributed by atoms with Crippen LogP contribution in [0, 0.1) is 11.8 Å². The number of aliphatic hydroxyl groups is 3. The SMILES string of the molecule is C/C(=C\C(=O)OCCCCCCCC(=O)NC1C(=O)NC2=CSSC21)C[C@@H]1OC[C@H](C/C=C/[C@@H](C)[C@H](C)O)[C@@H](O)[C@H]1O. The van der Waals surface area contributed by atoms with Gasteiger partial charge in [0.25, 0.3) is 0 Å². The summed E-state index contributed by atoms with van der Waals surface area (Å²) in [6.07, 6.45) is 7.52. The average molecular weight is 627 g/mol. The fourth-order valence-corrected chi connectivity index (χ4v) is 7.59. The monoisotopic (exact) mass is 626 g/mol. The van der Waals surface area contributed by atoms with E-state index in [-0.39, 0.29) is 28.9 Å². The molecular formula is C30H46N2O8S2. The molecule has 8 atom stereocenters. The predicted octanol–water partition coefficient (Wildman–Crippen LogP) is 3.13. The Kier molecular flexibility index (Phi) is 14.4. The van der Waals surface area contributed by atoms with Crippen LogP contribution in [0.3, 0.4) is 0 Å². The van der Waals surface area contributed by atoms with Gasteiger partial charge in [0.05, 0.1) is 36.8 Å². The number of aliphatic hydroxyl groups excluding tert-OH is 3. The van der Waals surface area contributed by atoms with Gasteiger partial charge in [-0.05, 0) is 45.4 Å². The molecule has 0 aromatic rings. The van der Waals surface area contributed by atoms with E-state index in [4.69, 9.17) is 9.47 Å². The molecule has 0 saturated carbocycles. The number of carbonyl (C=O) groups excluding carboxylic acids is 3. The Hall–Kier alpha value is -1.83. The zero-order valence-corrected chi connectivity index (χ0v) is 26.3. The van der Waals surface area contributed by atoms with Crippen LogP contribution in [0.2, 0.25) is 0 Å². The second-order valence-electron chi connectivity index (χ2n) is 11.5. The van der Waals surface area contributed by atoms with Crippen LogP contribution in [0.1, 0.15) is 72.1 Å². The van der Waals surface area contributed by atoms with Gasteiger partial charge in [0.1, 0.15) is 12.1 Å². The first kappa shape index (κ1) is 34.7. The topological polar surface area (TPSA) is 154 Å². The second kappa shape index (κ2) is 17.5. The van der Waals surface area contributed by atoms with E-state index >= 15 is 0 Å². The van der Waals surface area contributed by atoms with Crippen LogP contribution in [-0.2, 0) is 23.9 Å². The standard InChI is InChI=1S/C30H46N2O8S2/c1-18(14-23-28(37)27(36)21(16-40-23)11-9-10-19(2)20(3)33)15-25(35)39-13-8-6-4-5-7-12-24(34)32-26-29-22(17-41-42-29)31-30(26)38/h9-10,15,17,19-21,23,26-29,33,36-37H,4-8,11-14,16H2,1-3H3,(H,31,38)(H,32,34)/b10-9+,18-15+/t19-,20+,21+,23+,26?,27-,28+,29?/m1/s1. The highest BCUT2D eigenvalue weighted by Gasteiger charge is 2.42. The zero-order chi connectivity index (χ0) is 30.6. The average Bonchev–Trinajstić information content (AvgIpc) is 3.50. The minimum Gasteiger partial charge on any atom is -0.463 e. The van der Waals surface area contributed by atoms with Crippen LogP contribution in [0.5, 0.6) is 0 Å². The van der Waals surface area contributed by atoms with E-state index in [9.17, 15) is 29.7 Å². The Morgan fingerprint density at radius 3 is 2.69 bits per heavy atom. The third-order valence-corrected chi connectivity index (χ3v) is 10.3. The molecule has 2 unspecified atom stereocenters. The molecule has 42 heavy (non-hydrogen) atoms. The minimum atomic E-state index is -1.06. The normalized spacial score (nSPS) is 29.1. The molecule has 12 heteroatoms. The van der Waals surface area contributed by atoms with Gasteiger partial charge in [-0.1, -0.05) is 65.5 Å². The summed E-state index contributed by atoms with van der Waals surface area (Å²) in [4.78, 5) is 36.5. The van der Waals surface area contributed by atoms with Crippen LogP contribution in [-0.4, -0.2) is 82.0 Å². The first-order chi connectivity index (χ1) is 20.1. The van der Waals surface area contributed by atoms with Crippen molar-refractivity contribution >= 4 is 39.4 Å². The van der Waals surface area contributed by atoms with Crippen molar-refractivity contribution < 1.29 is 39.2 Å².